The Bertz CT molecular complexity index is 513. The molecule has 2 N–H and O–H groups in total. The summed E-state index contributed by atoms with van der Waals surface area (Å²) in [4.78, 5) is 0. The molecule has 2 aromatic rings. The van der Waals surface area contributed by atoms with Gasteiger partial charge in [0, 0.05) is 30.9 Å². The average Bonchev–Trinajstić information content (AvgIpc) is 2.52. The van der Waals surface area contributed by atoms with Crippen molar-refractivity contribution in [3.05, 3.63) is 60.2 Å². The third-order valence-electron chi connectivity index (χ3n) is 3.27. The molecule has 0 saturated heterocycles. The summed E-state index contributed by atoms with van der Waals surface area (Å²) >= 11 is 0. The first-order chi connectivity index (χ1) is 9.79. The molecule has 1 atom stereocenters. The van der Waals surface area contributed by atoms with Gasteiger partial charge in [-0.15, -0.1) is 0 Å². The fourth-order valence-electron chi connectivity index (χ4n) is 2.09. The van der Waals surface area contributed by atoms with Crippen molar-refractivity contribution in [2.45, 2.75) is 13.0 Å². The molecule has 20 heavy (non-hydrogen) atoms. The van der Waals surface area contributed by atoms with E-state index in [1.165, 1.54) is 5.56 Å². The molecular formula is C17H22N2O. The fourth-order valence-corrected chi connectivity index (χ4v) is 2.09. The minimum Gasteiger partial charge on any atom is -0.497 e. The largest absolute Gasteiger partial charge is 0.497 e. The lowest BCUT2D eigenvalue weighted by molar-refractivity contribution is 0.415. The summed E-state index contributed by atoms with van der Waals surface area (Å²) in [7, 11) is 1.68. The van der Waals surface area contributed by atoms with Gasteiger partial charge in [0.05, 0.1) is 7.11 Å². The molecule has 0 bridgehead atoms. The van der Waals surface area contributed by atoms with E-state index in [0.717, 1.165) is 24.5 Å². The lowest BCUT2D eigenvalue weighted by atomic mass is 10.1. The highest BCUT2D eigenvalue weighted by atomic mass is 16.5. The molecule has 2 aromatic carbocycles. The van der Waals surface area contributed by atoms with E-state index in [1.54, 1.807) is 7.11 Å². The monoisotopic (exact) mass is 270 g/mol. The zero-order chi connectivity index (χ0) is 14.2. The lowest BCUT2D eigenvalue weighted by Gasteiger charge is -2.15. The van der Waals surface area contributed by atoms with Crippen molar-refractivity contribution < 1.29 is 4.74 Å². The van der Waals surface area contributed by atoms with Gasteiger partial charge < -0.3 is 15.4 Å². The van der Waals surface area contributed by atoms with Crippen LogP contribution in [0.2, 0.25) is 0 Å². The molecule has 0 aromatic heterocycles. The van der Waals surface area contributed by atoms with E-state index in [0.29, 0.717) is 6.04 Å². The number of anilines is 1. The topological polar surface area (TPSA) is 33.3 Å². The van der Waals surface area contributed by atoms with Gasteiger partial charge in [0.15, 0.2) is 0 Å². The van der Waals surface area contributed by atoms with Crippen molar-refractivity contribution in [3.8, 4) is 5.75 Å². The first-order valence-electron chi connectivity index (χ1n) is 6.96. The van der Waals surface area contributed by atoms with Crippen molar-refractivity contribution in [3.63, 3.8) is 0 Å². The van der Waals surface area contributed by atoms with Crippen LogP contribution in [0.4, 0.5) is 5.69 Å². The van der Waals surface area contributed by atoms with E-state index >= 15 is 0 Å². The lowest BCUT2D eigenvalue weighted by Crippen LogP contribution is -2.25. The van der Waals surface area contributed by atoms with Crippen molar-refractivity contribution in [1.29, 1.82) is 0 Å². The molecule has 0 aliphatic rings. The van der Waals surface area contributed by atoms with Crippen LogP contribution in [0.3, 0.4) is 0 Å². The van der Waals surface area contributed by atoms with Crippen molar-refractivity contribution in [1.82, 2.24) is 5.32 Å². The summed E-state index contributed by atoms with van der Waals surface area (Å²) in [5, 5.41) is 6.89. The minimum absolute atomic E-state index is 0.364. The summed E-state index contributed by atoms with van der Waals surface area (Å²) < 4.78 is 5.20. The summed E-state index contributed by atoms with van der Waals surface area (Å²) in [6.45, 7) is 3.97. The molecule has 106 valence electrons. The number of nitrogens with one attached hydrogen (secondary N) is 2. The molecule has 1 unspecified atom stereocenters. The van der Waals surface area contributed by atoms with Crippen molar-refractivity contribution in [2.24, 2.45) is 0 Å². The Balaban J connectivity index is 1.73. The maximum absolute atomic E-state index is 5.20. The molecule has 0 aliphatic heterocycles. The molecule has 0 heterocycles. The molecule has 0 radical (unpaired) electrons. The number of hydrogen-bond donors (Lipinski definition) is 2. The summed E-state index contributed by atoms with van der Waals surface area (Å²) in [6, 6.07) is 18.8. The number of methoxy groups -OCH3 is 1. The van der Waals surface area contributed by atoms with Crippen LogP contribution in [0.15, 0.2) is 54.6 Å². The molecule has 0 fully saturated rings. The van der Waals surface area contributed by atoms with Gasteiger partial charge >= 0.3 is 0 Å². The third-order valence-corrected chi connectivity index (χ3v) is 3.27. The highest BCUT2D eigenvalue weighted by molar-refractivity contribution is 5.48. The first-order valence-corrected chi connectivity index (χ1v) is 6.96. The van der Waals surface area contributed by atoms with E-state index in [4.69, 9.17) is 4.74 Å². The minimum atomic E-state index is 0.364. The van der Waals surface area contributed by atoms with Crippen molar-refractivity contribution >= 4 is 5.69 Å². The molecule has 0 saturated carbocycles. The van der Waals surface area contributed by atoms with Crippen LogP contribution in [0, 0.1) is 0 Å². The Labute approximate surface area is 121 Å². The van der Waals surface area contributed by atoms with Crippen LogP contribution in [-0.2, 0) is 0 Å². The predicted molar refractivity (Wildman–Crippen MR) is 84.3 cm³/mol. The molecule has 0 amide bonds. The number of ether oxygens (including phenoxy) is 1. The van der Waals surface area contributed by atoms with E-state index in [9.17, 15) is 0 Å². The SMILES string of the molecule is COc1cccc(NCCNC(C)c2ccccc2)c1. The van der Waals surface area contributed by atoms with E-state index in [2.05, 4.69) is 41.8 Å². The van der Waals surface area contributed by atoms with Crippen LogP contribution >= 0.6 is 0 Å². The number of rotatable bonds is 7. The molecule has 0 spiro atoms. The quantitative estimate of drug-likeness (QED) is 0.756. The molecule has 3 nitrogen and oxygen atoms in total. The van der Waals surface area contributed by atoms with Gasteiger partial charge in [-0.3, -0.25) is 0 Å². The molecule has 0 aliphatic carbocycles. The van der Waals surface area contributed by atoms with Crippen LogP contribution in [0.5, 0.6) is 5.75 Å². The van der Waals surface area contributed by atoms with Crippen LogP contribution in [-0.4, -0.2) is 20.2 Å². The van der Waals surface area contributed by atoms with Crippen LogP contribution < -0.4 is 15.4 Å². The summed E-state index contributed by atoms with van der Waals surface area (Å²) in [5.41, 5.74) is 2.40. The van der Waals surface area contributed by atoms with Gasteiger partial charge in [-0.2, -0.15) is 0 Å². The highest BCUT2D eigenvalue weighted by Crippen LogP contribution is 2.16. The normalized spacial score (nSPS) is 11.9. The Morgan fingerprint density at radius 2 is 1.80 bits per heavy atom. The van der Waals surface area contributed by atoms with E-state index in [-0.39, 0.29) is 0 Å². The second-order valence-electron chi connectivity index (χ2n) is 4.75. The van der Waals surface area contributed by atoms with Gasteiger partial charge in [0.1, 0.15) is 5.75 Å². The maximum atomic E-state index is 5.20. The maximum Gasteiger partial charge on any atom is 0.120 e. The van der Waals surface area contributed by atoms with Gasteiger partial charge in [-0.25, -0.2) is 0 Å². The zero-order valence-electron chi connectivity index (χ0n) is 12.1. The standard InChI is InChI=1S/C17H22N2O/c1-14(15-7-4-3-5-8-15)18-11-12-19-16-9-6-10-17(13-16)20-2/h3-10,13-14,18-19H,11-12H2,1-2H3. The molecule has 2 rings (SSSR count). The smallest absolute Gasteiger partial charge is 0.120 e. The summed E-state index contributed by atoms with van der Waals surface area (Å²) in [5.74, 6) is 0.876. The molecular weight excluding hydrogens is 248 g/mol. The summed E-state index contributed by atoms with van der Waals surface area (Å²) in [6.07, 6.45) is 0. The van der Waals surface area contributed by atoms with E-state index in [1.807, 2.05) is 30.3 Å². The zero-order valence-corrected chi connectivity index (χ0v) is 12.1. The average molecular weight is 270 g/mol. The Hall–Kier alpha value is -2.00. The Kier molecular flexibility index (Phi) is 5.44. The van der Waals surface area contributed by atoms with Gasteiger partial charge in [0.2, 0.25) is 0 Å². The van der Waals surface area contributed by atoms with Gasteiger partial charge in [-0.1, -0.05) is 36.4 Å². The Morgan fingerprint density at radius 3 is 2.55 bits per heavy atom. The second kappa shape index (κ2) is 7.56. The molecule has 3 heteroatoms. The van der Waals surface area contributed by atoms with Crippen LogP contribution in [0.25, 0.3) is 0 Å². The third kappa shape index (κ3) is 4.28. The van der Waals surface area contributed by atoms with E-state index < -0.39 is 0 Å². The Morgan fingerprint density at radius 1 is 1.00 bits per heavy atom. The van der Waals surface area contributed by atoms with Crippen LogP contribution in [0.1, 0.15) is 18.5 Å². The fraction of sp³-hybridized carbons (Fsp3) is 0.294. The number of benzene rings is 2. The predicted octanol–water partition coefficient (Wildman–Crippen LogP) is 3.46. The second-order valence-corrected chi connectivity index (χ2v) is 4.75. The highest BCUT2D eigenvalue weighted by Gasteiger charge is 2.02. The first kappa shape index (κ1) is 14.4. The van der Waals surface area contributed by atoms with Gasteiger partial charge in [0.25, 0.3) is 0 Å². The number of hydrogen-bond acceptors (Lipinski definition) is 3. The van der Waals surface area contributed by atoms with Gasteiger partial charge in [-0.05, 0) is 24.6 Å². The van der Waals surface area contributed by atoms with Crippen molar-refractivity contribution in [2.75, 3.05) is 25.5 Å².